The van der Waals surface area contributed by atoms with Crippen LogP contribution in [-0.2, 0) is 6.18 Å². The van der Waals surface area contributed by atoms with Crippen molar-refractivity contribution in [2.45, 2.75) is 37.8 Å². The van der Waals surface area contributed by atoms with Gasteiger partial charge >= 0.3 is 12.4 Å². The first-order valence-electron chi connectivity index (χ1n) is 9.90. The number of hydrogen-bond acceptors (Lipinski definition) is 3. The van der Waals surface area contributed by atoms with Gasteiger partial charge in [0.1, 0.15) is 5.82 Å². The number of benzene rings is 2. The molecule has 0 aliphatic carbocycles. The number of anilines is 2. The number of aromatic nitrogens is 2. The Morgan fingerprint density at radius 2 is 1.76 bits per heavy atom. The van der Waals surface area contributed by atoms with Crippen molar-refractivity contribution in [3.05, 3.63) is 77.0 Å². The minimum Gasteiger partial charge on any atom is -0.363 e. The molecule has 5 nitrogen and oxygen atoms in total. The third kappa shape index (κ3) is 4.81. The van der Waals surface area contributed by atoms with Crippen molar-refractivity contribution in [1.29, 1.82) is 0 Å². The highest BCUT2D eigenvalue weighted by Crippen LogP contribution is 2.43. The lowest BCUT2D eigenvalue weighted by Gasteiger charge is -2.33. The van der Waals surface area contributed by atoms with E-state index in [0.29, 0.717) is 10.2 Å². The van der Waals surface area contributed by atoms with Gasteiger partial charge in [-0.1, -0.05) is 35.9 Å². The minimum absolute atomic E-state index is 0.0108. The normalized spacial score (nSPS) is 18.4. The molecule has 2 N–H and O–H groups in total. The molecule has 2 heterocycles. The lowest BCUT2D eigenvalue weighted by atomic mass is 9.96. The predicted octanol–water partition coefficient (Wildman–Crippen LogP) is 6.12. The molecule has 1 amide bonds. The fourth-order valence-electron chi connectivity index (χ4n) is 3.67. The average Bonchev–Trinajstić information content (AvgIpc) is 3.17. The number of carbonyl (C=O) groups excluding carboxylic acids is 1. The van der Waals surface area contributed by atoms with Crippen LogP contribution in [0.3, 0.4) is 0 Å². The van der Waals surface area contributed by atoms with Crippen molar-refractivity contribution in [1.82, 2.24) is 9.78 Å². The van der Waals surface area contributed by atoms with E-state index in [2.05, 4.69) is 15.7 Å². The number of fused-ring (bicyclic) bond motifs is 1. The van der Waals surface area contributed by atoms with Gasteiger partial charge in [-0.25, -0.2) is 4.68 Å². The summed E-state index contributed by atoms with van der Waals surface area (Å²) in [5.41, 5.74) is 0.134. The van der Waals surface area contributed by atoms with Crippen LogP contribution in [0.2, 0.25) is 0 Å². The second-order valence-electron chi connectivity index (χ2n) is 7.79. The standard InChI is InChI=1S/C22H18F6N4O/c1-12-5-7-13(8-6-12)16-10-18(22(26,27)28)32-19(30-16)11-17(31-32)20(33)29-15-4-2-3-14(9-15)21(23,24)25/h2-9,11,16,18,30H,10H2,1H3,(H,29,33)/t16-,18-/m1/s1. The van der Waals surface area contributed by atoms with Crippen molar-refractivity contribution in [2.24, 2.45) is 0 Å². The number of hydrogen-bond donors (Lipinski definition) is 2. The summed E-state index contributed by atoms with van der Waals surface area (Å²) < 4.78 is 80.8. The Bertz CT molecular complexity index is 1170. The van der Waals surface area contributed by atoms with Gasteiger partial charge < -0.3 is 10.6 Å². The Morgan fingerprint density at radius 3 is 2.39 bits per heavy atom. The SMILES string of the molecule is Cc1ccc([C@H]2C[C@H](C(F)(F)F)n3nc(C(=O)Nc4cccc(C(F)(F)F)c4)cc3N2)cc1. The topological polar surface area (TPSA) is 59.0 Å². The van der Waals surface area contributed by atoms with Gasteiger partial charge in [0, 0.05) is 18.2 Å². The Hall–Kier alpha value is -3.50. The molecule has 11 heteroatoms. The minimum atomic E-state index is -4.62. The molecule has 33 heavy (non-hydrogen) atoms. The van der Waals surface area contributed by atoms with Gasteiger partial charge in [-0.3, -0.25) is 4.79 Å². The third-order valence-electron chi connectivity index (χ3n) is 5.35. The quantitative estimate of drug-likeness (QED) is 0.455. The molecule has 1 aliphatic heterocycles. The van der Waals surface area contributed by atoms with E-state index in [0.717, 1.165) is 29.8 Å². The monoisotopic (exact) mass is 468 g/mol. The highest BCUT2D eigenvalue weighted by Gasteiger charge is 2.46. The molecule has 3 aromatic rings. The molecular weight excluding hydrogens is 450 g/mol. The second-order valence-corrected chi connectivity index (χ2v) is 7.79. The molecule has 174 valence electrons. The van der Waals surface area contributed by atoms with Crippen molar-refractivity contribution < 1.29 is 31.1 Å². The summed E-state index contributed by atoms with van der Waals surface area (Å²) in [5.74, 6) is -0.936. The molecule has 1 aromatic heterocycles. The largest absolute Gasteiger partial charge is 0.416 e. The van der Waals surface area contributed by atoms with Crippen LogP contribution in [0.4, 0.5) is 37.8 Å². The van der Waals surface area contributed by atoms with Gasteiger partial charge in [0.05, 0.1) is 11.6 Å². The zero-order valence-electron chi connectivity index (χ0n) is 17.1. The third-order valence-corrected chi connectivity index (χ3v) is 5.35. The highest BCUT2D eigenvalue weighted by molar-refractivity contribution is 6.03. The number of carbonyl (C=O) groups is 1. The molecular formula is C22H18F6N4O. The Morgan fingerprint density at radius 1 is 1.06 bits per heavy atom. The lowest BCUT2D eigenvalue weighted by Crippen LogP contribution is -2.35. The van der Waals surface area contributed by atoms with Crippen LogP contribution < -0.4 is 10.6 Å². The van der Waals surface area contributed by atoms with Gasteiger partial charge in [0.15, 0.2) is 11.7 Å². The summed E-state index contributed by atoms with van der Waals surface area (Å²) in [7, 11) is 0. The first-order valence-corrected chi connectivity index (χ1v) is 9.90. The van der Waals surface area contributed by atoms with Crippen LogP contribution in [0, 0.1) is 6.92 Å². The predicted molar refractivity (Wildman–Crippen MR) is 109 cm³/mol. The number of alkyl halides is 6. The van der Waals surface area contributed by atoms with Gasteiger partial charge in [-0.05, 0) is 30.7 Å². The van der Waals surface area contributed by atoms with Crippen LogP contribution >= 0.6 is 0 Å². The highest BCUT2D eigenvalue weighted by atomic mass is 19.4. The van der Waals surface area contributed by atoms with E-state index in [1.165, 1.54) is 6.07 Å². The lowest BCUT2D eigenvalue weighted by molar-refractivity contribution is -0.173. The van der Waals surface area contributed by atoms with Crippen LogP contribution in [0.15, 0.2) is 54.6 Å². The summed E-state index contributed by atoms with van der Waals surface area (Å²) >= 11 is 0. The van der Waals surface area contributed by atoms with E-state index in [4.69, 9.17) is 0 Å². The number of amides is 1. The summed E-state index contributed by atoms with van der Waals surface area (Å²) in [4.78, 5) is 12.6. The first-order chi connectivity index (χ1) is 15.4. The van der Waals surface area contributed by atoms with E-state index >= 15 is 0 Å². The Labute approximate surface area is 184 Å². The summed E-state index contributed by atoms with van der Waals surface area (Å²) in [5, 5.41) is 9.04. The van der Waals surface area contributed by atoms with E-state index in [9.17, 15) is 31.1 Å². The van der Waals surface area contributed by atoms with E-state index in [1.807, 2.05) is 6.92 Å². The molecule has 1 aliphatic rings. The molecule has 4 rings (SSSR count). The Balaban J connectivity index is 1.62. The number of rotatable bonds is 3. The molecule has 0 spiro atoms. The van der Waals surface area contributed by atoms with Crippen molar-refractivity contribution >= 4 is 17.4 Å². The molecule has 2 atom stereocenters. The van der Waals surface area contributed by atoms with E-state index < -0.39 is 35.9 Å². The van der Waals surface area contributed by atoms with Gasteiger partial charge in [0.25, 0.3) is 5.91 Å². The number of halogens is 6. The van der Waals surface area contributed by atoms with Gasteiger partial charge in [0.2, 0.25) is 0 Å². The van der Waals surface area contributed by atoms with Gasteiger partial charge in [-0.2, -0.15) is 31.4 Å². The molecule has 0 unspecified atom stereocenters. The smallest absolute Gasteiger partial charge is 0.363 e. The molecule has 0 fully saturated rings. The Kier molecular flexibility index (Phi) is 5.59. The zero-order chi connectivity index (χ0) is 24.0. The van der Waals surface area contributed by atoms with Gasteiger partial charge in [-0.15, -0.1) is 0 Å². The van der Waals surface area contributed by atoms with Crippen molar-refractivity contribution in [3.63, 3.8) is 0 Å². The maximum Gasteiger partial charge on any atom is 0.416 e. The van der Waals surface area contributed by atoms with Crippen molar-refractivity contribution in [2.75, 3.05) is 10.6 Å². The summed E-state index contributed by atoms with van der Waals surface area (Å²) in [6, 6.07) is 9.49. The van der Waals surface area contributed by atoms with E-state index in [-0.39, 0.29) is 23.6 Å². The fourth-order valence-corrected chi connectivity index (χ4v) is 3.67. The fraction of sp³-hybridized carbons (Fsp3) is 0.273. The first kappa shape index (κ1) is 22.7. The van der Waals surface area contributed by atoms with Crippen LogP contribution in [-0.4, -0.2) is 21.9 Å². The molecule has 2 aromatic carbocycles. The molecule has 0 saturated carbocycles. The molecule has 0 radical (unpaired) electrons. The van der Waals surface area contributed by atoms with Crippen LogP contribution in [0.25, 0.3) is 0 Å². The van der Waals surface area contributed by atoms with Crippen LogP contribution in [0.1, 0.15) is 45.7 Å². The summed E-state index contributed by atoms with van der Waals surface area (Å²) in [6.07, 6.45) is -9.57. The van der Waals surface area contributed by atoms with Crippen LogP contribution in [0.5, 0.6) is 0 Å². The van der Waals surface area contributed by atoms with Crippen molar-refractivity contribution in [3.8, 4) is 0 Å². The summed E-state index contributed by atoms with van der Waals surface area (Å²) in [6.45, 7) is 1.86. The second kappa shape index (κ2) is 8.13. The van der Waals surface area contributed by atoms with E-state index in [1.54, 1.807) is 24.3 Å². The zero-order valence-corrected chi connectivity index (χ0v) is 17.1. The number of nitrogens with one attached hydrogen (secondary N) is 2. The number of aryl methyl sites for hydroxylation is 1. The molecule has 0 bridgehead atoms. The maximum absolute atomic E-state index is 13.8. The number of nitrogens with zero attached hydrogens (tertiary/aromatic N) is 2. The average molecular weight is 468 g/mol. The maximum atomic E-state index is 13.8. The molecule has 0 saturated heterocycles.